The molecule has 2 heterocycles. The summed E-state index contributed by atoms with van der Waals surface area (Å²) in [6.45, 7) is 6.35. The van der Waals surface area contributed by atoms with Crippen LogP contribution in [0, 0.1) is 5.92 Å². The van der Waals surface area contributed by atoms with Crippen LogP contribution in [0.2, 0.25) is 0 Å². The lowest BCUT2D eigenvalue weighted by molar-refractivity contribution is 0.281. The Morgan fingerprint density at radius 2 is 1.94 bits per heavy atom. The van der Waals surface area contributed by atoms with Gasteiger partial charge in [-0.3, -0.25) is 0 Å². The van der Waals surface area contributed by atoms with Gasteiger partial charge in [-0.05, 0) is 49.4 Å². The summed E-state index contributed by atoms with van der Waals surface area (Å²) < 4.78 is 30.5. The zero-order valence-corrected chi connectivity index (χ0v) is 20.4. The van der Waals surface area contributed by atoms with Crippen LogP contribution in [0.3, 0.4) is 0 Å². The highest BCUT2D eigenvalue weighted by atomic mass is 32.2. The van der Waals surface area contributed by atoms with Crippen molar-refractivity contribution in [2.24, 2.45) is 10.9 Å². The van der Waals surface area contributed by atoms with E-state index in [4.69, 9.17) is 4.99 Å². The van der Waals surface area contributed by atoms with Crippen molar-refractivity contribution in [1.82, 2.24) is 8.87 Å². The fourth-order valence-corrected chi connectivity index (χ4v) is 6.72. The van der Waals surface area contributed by atoms with Crippen LogP contribution in [0.4, 0.5) is 5.69 Å². The molecule has 0 radical (unpaired) electrons. The molecule has 5 nitrogen and oxygen atoms in total. The van der Waals surface area contributed by atoms with E-state index in [-0.39, 0.29) is 0 Å². The number of unbranched alkanes of at least 4 members (excludes halogenated alkanes) is 1. The zero-order chi connectivity index (χ0) is 22.6. The minimum atomic E-state index is -3.49. The summed E-state index contributed by atoms with van der Waals surface area (Å²) in [6.07, 6.45) is 4.13. The minimum Gasteiger partial charge on any atom is -0.316 e. The third-order valence-electron chi connectivity index (χ3n) is 5.90. The van der Waals surface area contributed by atoms with Crippen LogP contribution in [-0.2, 0) is 16.6 Å². The SMILES string of the molecule is CCCCn1c(-c2cccc(S(=O)(=O)N3CCCC(C)C3)c2)csc1=Nc1ccccc1. The number of piperidine rings is 1. The highest BCUT2D eigenvalue weighted by molar-refractivity contribution is 7.89. The normalized spacial score (nSPS) is 18.2. The lowest BCUT2D eigenvalue weighted by Gasteiger charge is -2.30. The van der Waals surface area contributed by atoms with Gasteiger partial charge in [0.1, 0.15) is 0 Å². The molecule has 1 saturated heterocycles. The smallest absolute Gasteiger partial charge is 0.243 e. The standard InChI is InChI=1S/C25H31N3O2S2/c1-3-4-16-28-24(19-31-25(28)26-22-12-6-5-7-13-22)21-11-8-14-23(17-21)32(29,30)27-15-9-10-20(2)18-27/h5-8,11-14,17,19-20H,3-4,9-10,15-16,18H2,1-2H3. The van der Waals surface area contributed by atoms with E-state index in [0.717, 1.165) is 54.0 Å². The summed E-state index contributed by atoms with van der Waals surface area (Å²) in [5, 5.41) is 2.09. The van der Waals surface area contributed by atoms with Gasteiger partial charge in [-0.15, -0.1) is 11.3 Å². The number of para-hydroxylation sites is 1. The number of rotatable bonds is 7. The maximum absolute atomic E-state index is 13.3. The maximum atomic E-state index is 13.3. The summed E-state index contributed by atoms with van der Waals surface area (Å²) in [5.74, 6) is 0.400. The zero-order valence-electron chi connectivity index (χ0n) is 18.8. The average Bonchev–Trinajstić information content (AvgIpc) is 3.20. The minimum absolute atomic E-state index is 0.374. The number of aromatic nitrogens is 1. The molecule has 0 aliphatic carbocycles. The van der Waals surface area contributed by atoms with Crippen molar-refractivity contribution in [3.63, 3.8) is 0 Å². The van der Waals surface area contributed by atoms with Crippen LogP contribution in [0.1, 0.15) is 39.5 Å². The number of nitrogens with zero attached hydrogens (tertiary/aromatic N) is 3. The molecule has 3 aromatic rings. The first-order valence-electron chi connectivity index (χ1n) is 11.4. The third-order valence-corrected chi connectivity index (χ3v) is 8.63. The lowest BCUT2D eigenvalue weighted by Crippen LogP contribution is -2.39. The van der Waals surface area contributed by atoms with E-state index >= 15 is 0 Å². The molecule has 0 saturated carbocycles. The Labute approximate surface area is 195 Å². The molecule has 1 aliphatic heterocycles. The molecule has 7 heteroatoms. The summed E-state index contributed by atoms with van der Waals surface area (Å²) in [4.78, 5) is 6.15. The van der Waals surface area contributed by atoms with Crippen molar-refractivity contribution in [3.8, 4) is 11.3 Å². The van der Waals surface area contributed by atoms with Crippen molar-refractivity contribution >= 4 is 27.0 Å². The van der Waals surface area contributed by atoms with Crippen LogP contribution >= 0.6 is 11.3 Å². The fraction of sp³-hybridized carbons (Fsp3) is 0.400. The van der Waals surface area contributed by atoms with Gasteiger partial charge in [-0.2, -0.15) is 4.31 Å². The molecule has 0 amide bonds. The number of thiazole rings is 1. The fourth-order valence-electron chi connectivity index (χ4n) is 4.12. The van der Waals surface area contributed by atoms with E-state index in [1.54, 1.807) is 21.7 Å². The molecule has 2 aromatic carbocycles. The predicted molar refractivity (Wildman–Crippen MR) is 131 cm³/mol. The Morgan fingerprint density at radius 3 is 2.69 bits per heavy atom. The van der Waals surface area contributed by atoms with E-state index < -0.39 is 10.0 Å². The maximum Gasteiger partial charge on any atom is 0.243 e. The Bertz CT molecular complexity index is 1210. The number of hydrogen-bond acceptors (Lipinski definition) is 4. The van der Waals surface area contributed by atoms with Crippen molar-refractivity contribution in [1.29, 1.82) is 0 Å². The molecule has 1 atom stereocenters. The molecule has 32 heavy (non-hydrogen) atoms. The quantitative estimate of drug-likeness (QED) is 0.448. The topological polar surface area (TPSA) is 54.7 Å². The second kappa shape index (κ2) is 10.1. The summed E-state index contributed by atoms with van der Waals surface area (Å²) in [7, 11) is -3.49. The van der Waals surface area contributed by atoms with Gasteiger partial charge in [0.2, 0.25) is 10.0 Å². The van der Waals surface area contributed by atoms with Gasteiger partial charge in [0, 0.05) is 30.6 Å². The molecule has 4 rings (SSSR count). The van der Waals surface area contributed by atoms with Gasteiger partial charge >= 0.3 is 0 Å². The van der Waals surface area contributed by atoms with Crippen LogP contribution in [-0.4, -0.2) is 30.4 Å². The van der Waals surface area contributed by atoms with Crippen LogP contribution in [0.25, 0.3) is 11.3 Å². The molecule has 1 unspecified atom stereocenters. The predicted octanol–water partition coefficient (Wildman–Crippen LogP) is 5.67. The molecule has 0 N–H and O–H groups in total. The number of sulfonamides is 1. The molecular formula is C25H31N3O2S2. The third kappa shape index (κ3) is 5.05. The second-order valence-corrected chi connectivity index (χ2v) is 11.3. The molecule has 1 aliphatic rings. The molecule has 1 aromatic heterocycles. The lowest BCUT2D eigenvalue weighted by atomic mass is 10.0. The summed E-state index contributed by atoms with van der Waals surface area (Å²) >= 11 is 1.59. The van der Waals surface area contributed by atoms with Gasteiger partial charge < -0.3 is 4.57 Å². The van der Waals surface area contributed by atoms with Crippen LogP contribution in [0.15, 0.2) is 69.9 Å². The molecule has 0 bridgehead atoms. The average molecular weight is 470 g/mol. The summed E-state index contributed by atoms with van der Waals surface area (Å²) in [6, 6.07) is 17.3. The van der Waals surface area contributed by atoms with Gasteiger partial charge in [0.05, 0.1) is 16.3 Å². The highest BCUT2D eigenvalue weighted by Gasteiger charge is 2.29. The number of hydrogen-bond donors (Lipinski definition) is 0. The first-order chi connectivity index (χ1) is 15.5. The Kier molecular flexibility index (Phi) is 7.28. The van der Waals surface area contributed by atoms with E-state index in [9.17, 15) is 8.42 Å². The Morgan fingerprint density at radius 1 is 1.12 bits per heavy atom. The van der Waals surface area contributed by atoms with E-state index in [2.05, 4.69) is 23.8 Å². The van der Waals surface area contributed by atoms with E-state index in [1.807, 2.05) is 48.5 Å². The van der Waals surface area contributed by atoms with Crippen LogP contribution in [0.5, 0.6) is 0 Å². The first-order valence-corrected chi connectivity index (χ1v) is 13.7. The molecule has 0 spiro atoms. The summed E-state index contributed by atoms with van der Waals surface area (Å²) in [5.41, 5.74) is 2.85. The van der Waals surface area contributed by atoms with Crippen molar-refractivity contribution in [3.05, 3.63) is 64.8 Å². The van der Waals surface area contributed by atoms with Crippen molar-refractivity contribution in [2.75, 3.05) is 13.1 Å². The Hall–Kier alpha value is -2.22. The van der Waals surface area contributed by atoms with Gasteiger partial charge in [-0.1, -0.05) is 50.6 Å². The van der Waals surface area contributed by atoms with Gasteiger partial charge in [0.25, 0.3) is 0 Å². The van der Waals surface area contributed by atoms with E-state index in [0.29, 0.717) is 23.9 Å². The second-order valence-electron chi connectivity index (χ2n) is 8.49. The van der Waals surface area contributed by atoms with E-state index in [1.165, 1.54) is 0 Å². The molecule has 170 valence electrons. The van der Waals surface area contributed by atoms with Crippen molar-refractivity contribution < 1.29 is 8.42 Å². The van der Waals surface area contributed by atoms with Crippen LogP contribution < -0.4 is 4.80 Å². The van der Waals surface area contributed by atoms with Gasteiger partial charge in [-0.25, -0.2) is 13.4 Å². The number of benzene rings is 2. The first kappa shape index (κ1) is 23.0. The van der Waals surface area contributed by atoms with Crippen molar-refractivity contribution in [2.45, 2.75) is 51.0 Å². The van der Waals surface area contributed by atoms with Gasteiger partial charge in [0.15, 0.2) is 4.80 Å². The monoisotopic (exact) mass is 469 g/mol. The molecule has 1 fully saturated rings. The highest BCUT2D eigenvalue weighted by Crippen LogP contribution is 2.28. The Balaban J connectivity index is 1.73. The largest absolute Gasteiger partial charge is 0.316 e. The molecular weight excluding hydrogens is 438 g/mol.